The quantitative estimate of drug-likeness (QED) is 0.704. The number of carboxylic acid groups (broad SMARTS) is 1. The van der Waals surface area contributed by atoms with E-state index in [0.29, 0.717) is 5.82 Å². The van der Waals surface area contributed by atoms with Crippen molar-refractivity contribution >= 4 is 21.7 Å². The van der Waals surface area contributed by atoms with Crippen LogP contribution in [0.25, 0.3) is 0 Å². The Labute approximate surface area is 157 Å². The van der Waals surface area contributed by atoms with E-state index in [1.54, 1.807) is 24.6 Å². The van der Waals surface area contributed by atoms with Gasteiger partial charge in [0.2, 0.25) is 0 Å². The predicted octanol–water partition coefficient (Wildman–Crippen LogP) is 2.82. The van der Waals surface area contributed by atoms with Crippen molar-refractivity contribution in [3.8, 4) is 0 Å². The van der Waals surface area contributed by atoms with E-state index >= 15 is 0 Å². The highest BCUT2D eigenvalue weighted by molar-refractivity contribution is 7.92. The molecule has 0 aliphatic carbocycles. The molecule has 3 rings (SSSR count). The van der Waals surface area contributed by atoms with Gasteiger partial charge in [0.25, 0.3) is 10.0 Å². The summed E-state index contributed by atoms with van der Waals surface area (Å²) < 4.78 is 29.4. The normalized spacial score (nSPS) is 11.3. The van der Waals surface area contributed by atoms with Gasteiger partial charge in [-0.3, -0.25) is 4.31 Å². The van der Waals surface area contributed by atoms with Gasteiger partial charge in [0.1, 0.15) is 5.82 Å². The number of carboxylic acids is 1. The lowest BCUT2D eigenvalue weighted by molar-refractivity contribution is 0.0697. The van der Waals surface area contributed by atoms with Crippen LogP contribution < -0.4 is 4.31 Å². The van der Waals surface area contributed by atoms with Crippen molar-refractivity contribution in [2.75, 3.05) is 4.31 Å². The van der Waals surface area contributed by atoms with Crippen molar-refractivity contribution < 1.29 is 18.3 Å². The summed E-state index contributed by atoms with van der Waals surface area (Å²) in [4.78, 5) is 15.5. The van der Waals surface area contributed by atoms with Gasteiger partial charge >= 0.3 is 5.97 Å². The Bertz CT molecular complexity index is 1060. The summed E-state index contributed by atoms with van der Waals surface area (Å²) in [7, 11) is -2.27. The molecule has 2 aromatic carbocycles. The van der Waals surface area contributed by atoms with Crippen LogP contribution in [0.5, 0.6) is 0 Å². The molecule has 0 amide bonds. The highest BCUT2D eigenvalue weighted by Crippen LogP contribution is 2.26. The number of imidazole rings is 1. The predicted molar refractivity (Wildman–Crippen MR) is 101 cm³/mol. The minimum atomic E-state index is -3.99. The van der Waals surface area contributed by atoms with Gasteiger partial charge in [-0.05, 0) is 30.7 Å². The maximum atomic E-state index is 13.3. The van der Waals surface area contributed by atoms with E-state index < -0.39 is 16.0 Å². The average molecular weight is 385 g/mol. The Morgan fingerprint density at radius 1 is 1.15 bits per heavy atom. The van der Waals surface area contributed by atoms with Gasteiger partial charge in [-0.2, -0.15) is 8.42 Å². The molecule has 0 saturated carbocycles. The first kappa shape index (κ1) is 18.7. The molecule has 3 aromatic rings. The number of benzene rings is 2. The number of carbonyl (C=O) groups is 1. The van der Waals surface area contributed by atoms with Crippen molar-refractivity contribution in [2.24, 2.45) is 7.05 Å². The number of sulfonamides is 1. The molecular weight excluding hydrogens is 366 g/mol. The Hall–Kier alpha value is -3.13. The third-order valence-corrected chi connectivity index (χ3v) is 5.84. The first-order valence-electron chi connectivity index (χ1n) is 8.19. The molecule has 0 saturated heterocycles. The Kier molecular flexibility index (Phi) is 5.00. The maximum absolute atomic E-state index is 13.3. The SMILES string of the molecule is Cc1nc(S(=O)(=O)N(Cc2ccccc2)c2cccc(C(=O)O)c2)cn1C. The second-order valence-corrected chi connectivity index (χ2v) is 7.90. The molecule has 0 aliphatic heterocycles. The van der Waals surface area contributed by atoms with Gasteiger partial charge in [0.05, 0.1) is 17.8 Å². The van der Waals surface area contributed by atoms with Crippen LogP contribution in [0.1, 0.15) is 21.7 Å². The average Bonchev–Trinajstić information content (AvgIpc) is 3.00. The monoisotopic (exact) mass is 385 g/mol. The molecular formula is C19H19N3O4S. The molecule has 27 heavy (non-hydrogen) atoms. The van der Waals surface area contributed by atoms with Gasteiger partial charge in [-0.15, -0.1) is 0 Å². The highest BCUT2D eigenvalue weighted by atomic mass is 32.2. The molecule has 0 bridgehead atoms. The Morgan fingerprint density at radius 3 is 2.44 bits per heavy atom. The van der Waals surface area contributed by atoms with Crippen molar-refractivity contribution in [3.63, 3.8) is 0 Å². The molecule has 0 spiro atoms. The fourth-order valence-corrected chi connectivity index (χ4v) is 4.10. The molecule has 0 fully saturated rings. The third kappa shape index (κ3) is 3.85. The number of anilines is 1. The molecule has 0 aliphatic rings. The standard InChI is InChI=1S/C19H19N3O4S/c1-14-20-18(13-21(14)2)27(25,26)22(12-15-7-4-3-5-8-15)17-10-6-9-16(11-17)19(23)24/h3-11,13H,12H2,1-2H3,(H,23,24). The van der Waals surface area contributed by atoms with Gasteiger partial charge in [0, 0.05) is 13.2 Å². The fourth-order valence-electron chi connectivity index (χ4n) is 2.62. The number of aromatic carboxylic acids is 1. The van der Waals surface area contributed by atoms with Gasteiger partial charge in [-0.25, -0.2) is 9.78 Å². The van der Waals surface area contributed by atoms with Crippen molar-refractivity contribution in [2.45, 2.75) is 18.5 Å². The van der Waals surface area contributed by atoms with Crippen LogP contribution in [0.2, 0.25) is 0 Å². The number of aryl methyl sites for hydroxylation is 2. The third-order valence-electron chi connectivity index (χ3n) is 4.19. The Morgan fingerprint density at radius 2 is 1.85 bits per heavy atom. The molecule has 0 unspecified atom stereocenters. The van der Waals surface area contributed by atoms with Gasteiger partial charge in [-0.1, -0.05) is 36.4 Å². The van der Waals surface area contributed by atoms with Gasteiger partial charge < -0.3 is 9.67 Å². The van der Waals surface area contributed by atoms with E-state index in [1.807, 2.05) is 30.3 Å². The van der Waals surface area contributed by atoms with E-state index in [1.165, 1.54) is 28.7 Å². The van der Waals surface area contributed by atoms with E-state index in [2.05, 4.69) is 4.98 Å². The van der Waals surface area contributed by atoms with Crippen LogP contribution in [0.3, 0.4) is 0 Å². The van der Waals surface area contributed by atoms with Crippen LogP contribution in [0, 0.1) is 6.92 Å². The Balaban J connectivity index is 2.12. The smallest absolute Gasteiger partial charge is 0.335 e. The lowest BCUT2D eigenvalue weighted by atomic mass is 10.2. The summed E-state index contributed by atoms with van der Waals surface area (Å²) in [5.74, 6) is -0.560. The highest BCUT2D eigenvalue weighted by Gasteiger charge is 2.28. The zero-order valence-electron chi connectivity index (χ0n) is 14.9. The summed E-state index contributed by atoms with van der Waals surface area (Å²) in [5, 5.41) is 9.17. The van der Waals surface area contributed by atoms with Crippen LogP contribution >= 0.6 is 0 Å². The molecule has 1 N–H and O–H groups in total. The van der Waals surface area contributed by atoms with E-state index in [-0.39, 0.29) is 22.8 Å². The fraction of sp³-hybridized carbons (Fsp3) is 0.158. The van der Waals surface area contributed by atoms with E-state index in [9.17, 15) is 18.3 Å². The molecule has 0 atom stereocenters. The number of hydrogen-bond acceptors (Lipinski definition) is 4. The summed E-state index contributed by atoms with van der Waals surface area (Å²) in [5.41, 5.74) is 1.05. The number of rotatable bonds is 6. The summed E-state index contributed by atoms with van der Waals surface area (Å²) >= 11 is 0. The zero-order chi connectivity index (χ0) is 19.6. The summed E-state index contributed by atoms with van der Waals surface area (Å²) in [6.45, 7) is 1.77. The number of aromatic nitrogens is 2. The van der Waals surface area contributed by atoms with Crippen LogP contribution in [-0.4, -0.2) is 29.0 Å². The molecule has 0 radical (unpaired) electrons. The van der Waals surface area contributed by atoms with Gasteiger partial charge in [0.15, 0.2) is 5.03 Å². The summed E-state index contributed by atoms with van der Waals surface area (Å²) in [6, 6.07) is 15.0. The zero-order valence-corrected chi connectivity index (χ0v) is 15.7. The molecule has 140 valence electrons. The van der Waals surface area contributed by atoms with Crippen LogP contribution in [-0.2, 0) is 23.6 Å². The van der Waals surface area contributed by atoms with E-state index in [0.717, 1.165) is 5.56 Å². The number of hydrogen-bond donors (Lipinski definition) is 1. The van der Waals surface area contributed by atoms with Crippen molar-refractivity contribution in [1.29, 1.82) is 0 Å². The lowest BCUT2D eigenvalue weighted by Crippen LogP contribution is -2.31. The maximum Gasteiger partial charge on any atom is 0.335 e. The van der Waals surface area contributed by atoms with Crippen LogP contribution in [0.4, 0.5) is 5.69 Å². The topological polar surface area (TPSA) is 92.5 Å². The number of nitrogens with zero attached hydrogens (tertiary/aromatic N) is 3. The molecule has 7 nitrogen and oxygen atoms in total. The minimum Gasteiger partial charge on any atom is -0.478 e. The second-order valence-electron chi connectivity index (χ2n) is 6.09. The minimum absolute atomic E-state index is 0.0120. The van der Waals surface area contributed by atoms with E-state index in [4.69, 9.17) is 0 Å². The first-order chi connectivity index (χ1) is 12.8. The molecule has 8 heteroatoms. The molecule has 1 heterocycles. The van der Waals surface area contributed by atoms with Crippen molar-refractivity contribution in [3.05, 3.63) is 77.7 Å². The van der Waals surface area contributed by atoms with Crippen molar-refractivity contribution in [1.82, 2.24) is 9.55 Å². The second kappa shape index (κ2) is 7.24. The summed E-state index contributed by atoms with van der Waals surface area (Å²) in [6.07, 6.45) is 1.45. The van der Waals surface area contributed by atoms with Crippen LogP contribution in [0.15, 0.2) is 65.8 Å². The first-order valence-corrected chi connectivity index (χ1v) is 9.63. The largest absolute Gasteiger partial charge is 0.478 e. The molecule has 1 aromatic heterocycles. The lowest BCUT2D eigenvalue weighted by Gasteiger charge is -2.24.